The van der Waals surface area contributed by atoms with Gasteiger partial charge in [0.1, 0.15) is 0 Å². The van der Waals surface area contributed by atoms with Crippen LogP contribution in [0.4, 0.5) is 0 Å². The molecule has 0 aromatic carbocycles. The van der Waals surface area contributed by atoms with Gasteiger partial charge in [0, 0.05) is 13.1 Å². The minimum Gasteiger partial charge on any atom is -0.344 e. The molecule has 0 radical (unpaired) electrons. The molecular weight excluding hydrogens is 144 g/mol. The fourth-order valence-electron chi connectivity index (χ4n) is 0.683. The summed E-state index contributed by atoms with van der Waals surface area (Å²) in [7, 11) is 0. The van der Waals surface area contributed by atoms with E-state index in [1.165, 1.54) is 12.0 Å². The summed E-state index contributed by atoms with van der Waals surface area (Å²) < 4.78 is 0. The quantitative estimate of drug-likeness (QED) is 0.615. The molecule has 0 saturated heterocycles. The van der Waals surface area contributed by atoms with E-state index in [-0.39, 0.29) is 12.1 Å². The van der Waals surface area contributed by atoms with E-state index in [4.69, 9.17) is 4.84 Å². The minimum atomic E-state index is -0.292. The topological polar surface area (TPSA) is 64.5 Å². The zero-order valence-corrected chi connectivity index (χ0v) is 6.49. The van der Waals surface area contributed by atoms with Crippen LogP contribution in [-0.2, 0) is 9.63 Å². The fraction of sp³-hybridized carbons (Fsp3) is 0.286. The number of hydroxylamine groups is 2. The molecule has 62 valence electrons. The molecule has 0 unspecified atom stereocenters. The summed E-state index contributed by atoms with van der Waals surface area (Å²) in [6, 6.07) is 0. The van der Waals surface area contributed by atoms with E-state index in [1.54, 1.807) is 6.20 Å². The Labute approximate surface area is 65.7 Å². The van der Waals surface area contributed by atoms with Gasteiger partial charge in [-0.05, 0) is 6.08 Å². The number of hydrogen-bond donors (Lipinski definition) is 1. The van der Waals surface area contributed by atoms with E-state index in [2.05, 4.69) is 0 Å². The summed E-state index contributed by atoms with van der Waals surface area (Å²) in [5.74, 6) is -0.292. The summed E-state index contributed by atoms with van der Waals surface area (Å²) in [6.45, 7) is 2.02. The van der Waals surface area contributed by atoms with Crippen LogP contribution in [0.15, 0.2) is 24.4 Å². The lowest BCUT2D eigenvalue weighted by Gasteiger charge is -2.17. The van der Waals surface area contributed by atoms with Crippen LogP contribution in [-0.4, -0.2) is 17.6 Å². The number of carbonyl (C=O) groups excluding carboxylic acids is 1. The first-order valence-corrected chi connectivity index (χ1v) is 3.07. The predicted octanol–water partition coefficient (Wildman–Crippen LogP) is 1.01. The second-order valence-corrected chi connectivity index (χ2v) is 1.95. The maximum absolute atomic E-state index is 10.4. The van der Waals surface area contributed by atoms with Crippen LogP contribution < -0.4 is 6.15 Å². The molecule has 3 N–H and O–H groups in total. The Morgan fingerprint density at radius 1 is 1.55 bits per heavy atom. The van der Waals surface area contributed by atoms with Crippen molar-refractivity contribution in [1.29, 1.82) is 0 Å². The number of nitrogens with zero attached hydrogens (tertiary/aromatic N) is 1. The average molecular weight is 156 g/mol. The molecule has 1 heterocycles. The molecule has 0 amide bonds. The smallest absolute Gasteiger partial charge is 0.329 e. The molecule has 4 nitrogen and oxygen atoms in total. The van der Waals surface area contributed by atoms with Crippen molar-refractivity contribution < 1.29 is 9.63 Å². The maximum atomic E-state index is 10.4. The minimum absolute atomic E-state index is 0. The highest BCUT2D eigenvalue weighted by molar-refractivity contribution is 5.65. The lowest BCUT2D eigenvalue weighted by atomic mass is 10.4. The fourth-order valence-corrected chi connectivity index (χ4v) is 0.683. The van der Waals surface area contributed by atoms with Crippen molar-refractivity contribution in [2.24, 2.45) is 0 Å². The van der Waals surface area contributed by atoms with Crippen molar-refractivity contribution in [1.82, 2.24) is 11.2 Å². The highest BCUT2D eigenvalue weighted by Crippen LogP contribution is 1.98. The van der Waals surface area contributed by atoms with Gasteiger partial charge in [-0.3, -0.25) is 4.79 Å². The molecule has 0 aromatic rings. The van der Waals surface area contributed by atoms with Crippen LogP contribution in [0.25, 0.3) is 0 Å². The second-order valence-electron chi connectivity index (χ2n) is 1.95. The molecule has 0 aliphatic carbocycles. The number of carbonyl (C=O) groups is 1. The number of allylic oxidation sites excluding steroid dienone is 2. The summed E-state index contributed by atoms with van der Waals surface area (Å²) >= 11 is 0. The van der Waals surface area contributed by atoms with Crippen LogP contribution in [0, 0.1) is 0 Å². The SMILES string of the molecule is CC(=O)ON1C=CC=CC1.N. The van der Waals surface area contributed by atoms with Gasteiger partial charge in [-0.1, -0.05) is 12.2 Å². The van der Waals surface area contributed by atoms with E-state index >= 15 is 0 Å². The average Bonchev–Trinajstić information content (AvgIpc) is 1.88. The molecule has 0 spiro atoms. The van der Waals surface area contributed by atoms with Crippen LogP contribution in [0.2, 0.25) is 0 Å². The molecule has 1 aliphatic rings. The molecule has 0 atom stereocenters. The summed E-state index contributed by atoms with van der Waals surface area (Å²) in [6.07, 6.45) is 7.33. The van der Waals surface area contributed by atoms with Crippen molar-refractivity contribution in [2.75, 3.05) is 6.54 Å². The van der Waals surface area contributed by atoms with E-state index in [0.717, 1.165) is 0 Å². The van der Waals surface area contributed by atoms with Crippen molar-refractivity contribution in [3.05, 3.63) is 24.4 Å². The third kappa shape index (κ3) is 3.42. The summed E-state index contributed by atoms with van der Waals surface area (Å²) in [5, 5.41) is 1.47. The molecule has 1 rings (SSSR count). The Kier molecular flexibility index (Phi) is 3.98. The van der Waals surface area contributed by atoms with Gasteiger partial charge in [-0.15, -0.1) is 0 Å². The largest absolute Gasteiger partial charge is 0.344 e. The van der Waals surface area contributed by atoms with Gasteiger partial charge in [-0.2, -0.15) is 0 Å². The third-order valence-electron chi connectivity index (χ3n) is 1.03. The summed E-state index contributed by atoms with van der Waals surface area (Å²) in [4.78, 5) is 15.1. The molecule has 0 bridgehead atoms. The highest BCUT2D eigenvalue weighted by Gasteiger charge is 2.01. The Balaban J connectivity index is 0.000001000. The normalized spacial score (nSPS) is 14.1. The van der Waals surface area contributed by atoms with Gasteiger partial charge in [0.25, 0.3) is 0 Å². The first-order chi connectivity index (χ1) is 4.79. The van der Waals surface area contributed by atoms with Crippen LogP contribution in [0.5, 0.6) is 0 Å². The third-order valence-corrected chi connectivity index (χ3v) is 1.03. The van der Waals surface area contributed by atoms with Crippen molar-refractivity contribution in [2.45, 2.75) is 6.92 Å². The standard InChI is InChI=1S/C7H9NO2.H3N/c1-7(9)10-8-5-3-2-4-6-8;/h2-5H,6H2,1H3;1H3. The van der Waals surface area contributed by atoms with Gasteiger partial charge in [0.15, 0.2) is 0 Å². The van der Waals surface area contributed by atoms with Gasteiger partial charge in [0.2, 0.25) is 0 Å². The molecule has 11 heavy (non-hydrogen) atoms. The second kappa shape index (κ2) is 4.51. The lowest BCUT2D eigenvalue weighted by molar-refractivity contribution is -0.173. The van der Waals surface area contributed by atoms with Gasteiger partial charge < -0.3 is 11.0 Å². The zero-order chi connectivity index (χ0) is 7.40. The van der Waals surface area contributed by atoms with E-state index in [9.17, 15) is 4.79 Å². The highest BCUT2D eigenvalue weighted by atomic mass is 16.7. The monoisotopic (exact) mass is 156 g/mol. The Morgan fingerprint density at radius 2 is 2.27 bits per heavy atom. The molecule has 4 heteroatoms. The number of hydrogen-bond acceptors (Lipinski definition) is 4. The molecule has 1 aliphatic heterocycles. The first kappa shape index (κ1) is 9.71. The van der Waals surface area contributed by atoms with Crippen LogP contribution >= 0.6 is 0 Å². The van der Waals surface area contributed by atoms with Crippen molar-refractivity contribution >= 4 is 5.97 Å². The molecule has 0 saturated carbocycles. The zero-order valence-electron chi connectivity index (χ0n) is 6.49. The van der Waals surface area contributed by atoms with E-state index in [1.807, 2.05) is 18.2 Å². The number of rotatable bonds is 1. The van der Waals surface area contributed by atoms with Gasteiger partial charge >= 0.3 is 5.97 Å². The Morgan fingerprint density at radius 3 is 2.73 bits per heavy atom. The van der Waals surface area contributed by atoms with E-state index in [0.29, 0.717) is 6.54 Å². The maximum Gasteiger partial charge on any atom is 0.329 e. The van der Waals surface area contributed by atoms with E-state index < -0.39 is 0 Å². The lowest BCUT2D eigenvalue weighted by Crippen LogP contribution is -2.21. The molecule has 0 fully saturated rings. The van der Waals surface area contributed by atoms with Crippen molar-refractivity contribution in [3.8, 4) is 0 Å². The first-order valence-electron chi connectivity index (χ1n) is 3.07. The predicted molar refractivity (Wildman–Crippen MR) is 41.8 cm³/mol. The summed E-state index contributed by atoms with van der Waals surface area (Å²) in [5.41, 5.74) is 0. The van der Waals surface area contributed by atoms with Gasteiger partial charge in [-0.25, -0.2) is 5.06 Å². The Bertz CT molecular complexity index is 187. The van der Waals surface area contributed by atoms with Crippen LogP contribution in [0.3, 0.4) is 0 Å². The molecule has 0 aromatic heterocycles. The van der Waals surface area contributed by atoms with Crippen LogP contribution in [0.1, 0.15) is 6.92 Å². The molecular formula is C7H12N2O2. The van der Waals surface area contributed by atoms with Gasteiger partial charge in [0.05, 0.1) is 6.54 Å². The Hall–Kier alpha value is -1.29. The van der Waals surface area contributed by atoms with Crippen molar-refractivity contribution in [3.63, 3.8) is 0 Å².